The van der Waals surface area contributed by atoms with Crippen molar-refractivity contribution in [2.24, 2.45) is 5.73 Å². The Bertz CT molecular complexity index is 750. The summed E-state index contributed by atoms with van der Waals surface area (Å²) in [6.07, 6.45) is 1.89. The van der Waals surface area contributed by atoms with Gasteiger partial charge < -0.3 is 10.5 Å². The van der Waals surface area contributed by atoms with Crippen molar-refractivity contribution < 1.29 is 9.53 Å². The standard InChI is InChI=1S/C15H13N3O2S/c16-15(19)10-20-12-4-1-3-11(9-12)18-7-6-13(17-18)14-5-2-8-21-14/h1-9H,10H2,(H2,16,19). The van der Waals surface area contributed by atoms with Gasteiger partial charge in [0, 0.05) is 12.3 Å². The van der Waals surface area contributed by atoms with Crippen LogP contribution in [0.15, 0.2) is 54.0 Å². The number of nitrogens with two attached hydrogens (primary N) is 1. The van der Waals surface area contributed by atoms with Crippen molar-refractivity contribution in [3.63, 3.8) is 0 Å². The molecule has 3 aromatic rings. The van der Waals surface area contributed by atoms with Gasteiger partial charge in [0.05, 0.1) is 10.6 Å². The second-order valence-electron chi connectivity index (χ2n) is 4.38. The molecule has 2 N–H and O–H groups in total. The van der Waals surface area contributed by atoms with E-state index in [0.29, 0.717) is 5.75 Å². The van der Waals surface area contributed by atoms with Crippen molar-refractivity contribution in [3.8, 4) is 22.0 Å². The fourth-order valence-electron chi connectivity index (χ4n) is 1.89. The minimum Gasteiger partial charge on any atom is -0.484 e. The molecule has 1 amide bonds. The molecule has 0 saturated carbocycles. The zero-order valence-electron chi connectivity index (χ0n) is 11.1. The van der Waals surface area contributed by atoms with Crippen LogP contribution in [0.4, 0.5) is 0 Å². The predicted octanol–water partition coefficient (Wildman–Crippen LogP) is 2.46. The van der Waals surface area contributed by atoms with Crippen molar-refractivity contribution in [3.05, 3.63) is 54.0 Å². The molecule has 0 aliphatic heterocycles. The summed E-state index contributed by atoms with van der Waals surface area (Å²) >= 11 is 1.65. The number of amides is 1. The summed E-state index contributed by atoms with van der Waals surface area (Å²) in [6, 6.07) is 13.3. The summed E-state index contributed by atoms with van der Waals surface area (Å²) in [4.78, 5) is 11.9. The van der Waals surface area contributed by atoms with Gasteiger partial charge in [0.25, 0.3) is 5.91 Å². The van der Waals surface area contributed by atoms with Gasteiger partial charge in [-0.3, -0.25) is 4.79 Å². The normalized spacial score (nSPS) is 10.5. The number of ether oxygens (including phenoxy) is 1. The molecule has 1 aromatic carbocycles. The van der Waals surface area contributed by atoms with Crippen molar-refractivity contribution >= 4 is 17.2 Å². The SMILES string of the molecule is NC(=O)COc1cccc(-n2ccc(-c3cccs3)n2)c1. The van der Waals surface area contributed by atoms with Gasteiger partial charge in [-0.15, -0.1) is 11.3 Å². The highest BCUT2D eigenvalue weighted by Gasteiger charge is 2.06. The van der Waals surface area contributed by atoms with E-state index in [1.165, 1.54) is 0 Å². The van der Waals surface area contributed by atoms with Crippen molar-refractivity contribution in [2.75, 3.05) is 6.61 Å². The predicted molar refractivity (Wildman–Crippen MR) is 81.6 cm³/mol. The highest BCUT2D eigenvalue weighted by molar-refractivity contribution is 7.13. The topological polar surface area (TPSA) is 70.1 Å². The number of carbonyl (C=O) groups excluding carboxylic acids is 1. The van der Waals surface area contributed by atoms with E-state index in [1.807, 2.05) is 48.0 Å². The summed E-state index contributed by atoms with van der Waals surface area (Å²) < 4.78 is 7.07. The lowest BCUT2D eigenvalue weighted by molar-refractivity contribution is -0.119. The number of carbonyl (C=O) groups is 1. The Hall–Kier alpha value is -2.60. The number of aromatic nitrogens is 2. The third-order valence-corrected chi connectivity index (χ3v) is 3.72. The molecule has 5 nitrogen and oxygen atoms in total. The Morgan fingerprint density at radius 1 is 1.29 bits per heavy atom. The summed E-state index contributed by atoms with van der Waals surface area (Å²) in [5.74, 6) is 0.0824. The van der Waals surface area contributed by atoms with Crippen LogP contribution in [-0.4, -0.2) is 22.3 Å². The Labute approximate surface area is 125 Å². The van der Waals surface area contributed by atoms with E-state index in [2.05, 4.69) is 5.10 Å². The number of rotatable bonds is 5. The smallest absolute Gasteiger partial charge is 0.255 e. The molecule has 0 unspecified atom stereocenters. The highest BCUT2D eigenvalue weighted by Crippen LogP contribution is 2.24. The van der Waals surface area contributed by atoms with Gasteiger partial charge in [0.15, 0.2) is 6.61 Å². The van der Waals surface area contributed by atoms with Gasteiger partial charge >= 0.3 is 0 Å². The molecule has 0 atom stereocenters. The molecule has 6 heteroatoms. The van der Waals surface area contributed by atoms with Crippen LogP contribution in [0.3, 0.4) is 0 Å². The van der Waals surface area contributed by atoms with E-state index >= 15 is 0 Å². The van der Waals surface area contributed by atoms with Gasteiger partial charge in [-0.1, -0.05) is 12.1 Å². The number of benzene rings is 1. The molecule has 0 fully saturated rings. The second-order valence-corrected chi connectivity index (χ2v) is 5.32. The molecular formula is C15H13N3O2S. The minimum atomic E-state index is -0.500. The van der Waals surface area contributed by atoms with E-state index in [0.717, 1.165) is 16.3 Å². The van der Waals surface area contributed by atoms with Crippen molar-refractivity contribution in [2.45, 2.75) is 0 Å². The van der Waals surface area contributed by atoms with Gasteiger partial charge in [-0.2, -0.15) is 5.10 Å². The fraction of sp³-hybridized carbons (Fsp3) is 0.0667. The fourth-order valence-corrected chi connectivity index (χ4v) is 2.58. The second kappa shape index (κ2) is 5.80. The van der Waals surface area contributed by atoms with Crippen LogP contribution in [0.1, 0.15) is 0 Å². The molecule has 2 heterocycles. The molecule has 2 aromatic heterocycles. The molecule has 3 rings (SSSR count). The van der Waals surface area contributed by atoms with Gasteiger partial charge in [0.1, 0.15) is 11.4 Å². The maximum atomic E-state index is 10.7. The average Bonchev–Trinajstić information content (AvgIpc) is 3.16. The third-order valence-electron chi connectivity index (χ3n) is 2.83. The van der Waals surface area contributed by atoms with Crippen LogP contribution in [0.2, 0.25) is 0 Å². The molecule has 0 saturated heterocycles. The summed E-state index contributed by atoms with van der Waals surface area (Å²) in [6.45, 7) is -0.136. The summed E-state index contributed by atoms with van der Waals surface area (Å²) in [7, 11) is 0. The summed E-state index contributed by atoms with van der Waals surface area (Å²) in [5.41, 5.74) is 6.85. The first-order valence-electron chi connectivity index (χ1n) is 6.33. The highest BCUT2D eigenvalue weighted by atomic mass is 32.1. The first-order valence-corrected chi connectivity index (χ1v) is 7.21. The van der Waals surface area contributed by atoms with E-state index in [4.69, 9.17) is 10.5 Å². The average molecular weight is 299 g/mol. The van der Waals surface area contributed by atoms with Crippen LogP contribution in [0.5, 0.6) is 5.75 Å². The zero-order valence-corrected chi connectivity index (χ0v) is 11.9. The summed E-state index contributed by atoms with van der Waals surface area (Å²) in [5, 5.41) is 6.56. The molecule has 106 valence electrons. The minimum absolute atomic E-state index is 0.136. The van der Waals surface area contributed by atoms with Crippen LogP contribution in [0.25, 0.3) is 16.3 Å². The molecule has 0 aliphatic carbocycles. The molecule has 0 radical (unpaired) electrons. The lowest BCUT2D eigenvalue weighted by Crippen LogP contribution is -2.20. The van der Waals surface area contributed by atoms with Crippen molar-refractivity contribution in [1.29, 1.82) is 0 Å². The van der Waals surface area contributed by atoms with Crippen LogP contribution in [0, 0.1) is 0 Å². The van der Waals surface area contributed by atoms with Crippen LogP contribution < -0.4 is 10.5 Å². The Balaban J connectivity index is 1.83. The van der Waals surface area contributed by atoms with E-state index in [9.17, 15) is 4.79 Å². The van der Waals surface area contributed by atoms with E-state index in [-0.39, 0.29) is 6.61 Å². The van der Waals surface area contributed by atoms with Gasteiger partial charge in [-0.25, -0.2) is 4.68 Å². The monoisotopic (exact) mass is 299 g/mol. The number of hydrogen-bond acceptors (Lipinski definition) is 4. The van der Waals surface area contributed by atoms with Crippen molar-refractivity contribution in [1.82, 2.24) is 9.78 Å². The van der Waals surface area contributed by atoms with Gasteiger partial charge in [-0.05, 0) is 29.6 Å². The van der Waals surface area contributed by atoms with E-state index in [1.54, 1.807) is 22.1 Å². The first-order chi connectivity index (χ1) is 10.2. The Morgan fingerprint density at radius 2 is 2.19 bits per heavy atom. The number of hydrogen-bond donors (Lipinski definition) is 1. The molecular weight excluding hydrogens is 286 g/mol. The molecule has 0 spiro atoms. The van der Waals surface area contributed by atoms with Crippen LogP contribution in [-0.2, 0) is 4.79 Å². The largest absolute Gasteiger partial charge is 0.484 e. The quantitative estimate of drug-likeness (QED) is 0.786. The Kier molecular flexibility index (Phi) is 3.70. The number of thiophene rings is 1. The molecule has 21 heavy (non-hydrogen) atoms. The lowest BCUT2D eigenvalue weighted by atomic mass is 10.3. The lowest BCUT2D eigenvalue weighted by Gasteiger charge is -2.06. The van der Waals surface area contributed by atoms with Crippen LogP contribution >= 0.6 is 11.3 Å². The maximum absolute atomic E-state index is 10.7. The first kappa shape index (κ1) is 13.4. The third kappa shape index (κ3) is 3.11. The van der Waals surface area contributed by atoms with E-state index < -0.39 is 5.91 Å². The number of nitrogens with zero attached hydrogens (tertiary/aromatic N) is 2. The van der Waals surface area contributed by atoms with Gasteiger partial charge in [0.2, 0.25) is 0 Å². The zero-order chi connectivity index (χ0) is 14.7. The number of primary amides is 1. The maximum Gasteiger partial charge on any atom is 0.255 e. The molecule has 0 bridgehead atoms. The molecule has 0 aliphatic rings. The Morgan fingerprint density at radius 3 is 2.95 bits per heavy atom.